The lowest BCUT2D eigenvalue weighted by molar-refractivity contribution is -0.111. The molecule has 2 N–H and O–H groups in total. The molecule has 2 aliphatic rings. The Bertz CT molecular complexity index is 1630. The fourth-order valence-electron chi connectivity index (χ4n) is 6.17. The second kappa shape index (κ2) is 12.4. The van der Waals surface area contributed by atoms with Gasteiger partial charge in [-0.25, -0.2) is 9.97 Å². The standard InChI is InChI=1S/C33H39N7O3/c1-5-32(41)35-27-19-28(37-33-34-12-8-26(36-33)23-6-7-29-24(18-23)9-13-38(29)3)31(42-4)20-30(27)39-14-10-25(11-15-39)40-16-17-43-22(2)21-40/h5-9,12-13,18-20,22,25H,1,10-11,14-17,21H2,2-4H3,(H,35,41)(H,34,36,37)/t22-/m1/s1. The predicted octanol–water partition coefficient (Wildman–Crippen LogP) is 5.20. The number of nitrogens with one attached hydrogen (secondary N) is 2. The Morgan fingerprint density at radius 2 is 1.95 bits per heavy atom. The summed E-state index contributed by atoms with van der Waals surface area (Å²) in [5.74, 6) is 0.790. The monoisotopic (exact) mass is 581 g/mol. The van der Waals surface area contributed by atoms with Gasteiger partial charge in [-0.05, 0) is 56.2 Å². The van der Waals surface area contributed by atoms with Gasteiger partial charge in [0.15, 0.2) is 0 Å². The minimum absolute atomic E-state index is 0.272. The van der Waals surface area contributed by atoms with Crippen LogP contribution in [0, 0.1) is 0 Å². The zero-order valence-electron chi connectivity index (χ0n) is 25.0. The summed E-state index contributed by atoms with van der Waals surface area (Å²) in [6, 6.07) is 14.7. The Labute approximate surface area is 252 Å². The maximum Gasteiger partial charge on any atom is 0.247 e. The van der Waals surface area contributed by atoms with Gasteiger partial charge in [0.1, 0.15) is 5.75 Å². The first-order valence-electron chi connectivity index (χ1n) is 14.8. The van der Waals surface area contributed by atoms with Crippen LogP contribution in [0.2, 0.25) is 0 Å². The summed E-state index contributed by atoms with van der Waals surface area (Å²) in [5.41, 5.74) is 5.21. The number of methoxy groups -OCH3 is 1. The van der Waals surface area contributed by atoms with Crippen LogP contribution in [0.4, 0.5) is 23.0 Å². The molecule has 0 bridgehead atoms. The molecule has 0 radical (unpaired) electrons. The molecule has 0 saturated carbocycles. The Balaban J connectivity index is 1.25. The number of aryl methyl sites for hydroxylation is 1. The van der Waals surface area contributed by atoms with Gasteiger partial charge in [0, 0.05) is 74.2 Å². The van der Waals surface area contributed by atoms with Crippen molar-refractivity contribution in [2.75, 3.05) is 55.4 Å². The third kappa shape index (κ3) is 6.21. The van der Waals surface area contributed by atoms with E-state index in [1.165, 1.54) is 6.08 Å². The number of nitrogens with zero attached hydrogens (tertiary/aromatic N) is 5. The van der Waals surface area contributed by atoms with E-state index < -0.39 is 0 Å². The average molecular weight is 582 g/mol. The van der Waals surface area contributed by atoms with Crippen molar-refractivity contribution in [1.29, 1.82) is 0 Å². The lowest BCUT2D eigenvalue weighted by Gasteiger charge is -2.42. The Morgan fingerprint density at radius 3 is 2.72 bits per heavy atom. The third-order valence-electron chi connectivity index (χ3n) is 8.44. The molecule has 0 spiro atoms. The first-order valence-corrected chi connectivity index (χ1v) is 14.8. The number of piperidine rings is 1. The number of aromatic nitrogens is 3. The van der Waals surface area contributed by atoms with Crippen molar-refractivity contribution >= 4 is 39.8 Å². The molecule has 0 unspecified atom stereocenters. The summed E-state index contributed by atoms with van der Waals surface area (Å²) in [6.07, 6.45) is 7.42. The number of benzene rings is 2. The number of ether oxygens (including phenoxy) is 2. The molecule has 2 aromatic carbocycles. The van der Waals surface area contributed by atoms with Crippen molar-refractivity contribution in [3.05, 3.63) is 67.5 Å². The van der Waals surface area contributed by atoms with E-state index in [2.05, 4.69) is 67.8 Å². The van der Waals surface area contributed by atoms with E-state index in [1.54, 1.807) is 13.3 Å². The maximum atomic E-state index is 12.5. The molecule has 4 aromatic rings. The van der Waals surface area contributed by atoms with Crippen molar-refractivity contribution in [3.8, 4) is 17.0 Å². The number of amides is 1. The second-order valence-electron chi connectivity index (χ2n) is 11.2. The van der Waals surface area contributed by atoms with Crippen LogP contribution in [0.1, 0.15) is 19.8 Å². The molecule has 224 valence electrons. The van der Waals surface area contributed by atoms with Gasteiger partial charge in [0.2, 0.25) is 11.9 Å². The predicted molar refractivity (Wildman–Crippen MR) is 171 cm³/mol. The molecule has 2 aromatic heterocycles. The molecule has 4 heterocycles. The zero-order valence-corrected chi connectivity index (χ0v) is 25.0. The Hall–Kier alpha value is -4.41. The number of morpholine rings is 1. The number of rotatable bonds is 8. The van der Waals surface area contributed by atoms with Gasteiger partial charge in [0.25, 0.3) is 0 Å². The number of hydrogen-bond donors (Lipinski definition) is 2. The van der Waals surface area contributed by atoms with Crippen molar-refractivity contribution < 1.29 is 14.3 Å². The van der Waals surface area contributed by atoms with Crippen LogP contribution in [0.25, 0.3) is 22.2 Å². The van der Waals surface area contributed by atoms with Gasteiger partial charge in [-0.2, -0.15) is 0 Å². The molecule has 2 saturated heterocycles. The molecule has 10 nitrogen and oxygen atoms in total. The summed E-state index contributed by atoms with van der Waals surface area (Å²) in [6.45, 7) is 10.3. The van der Waals surface area contributed by atoms with E-state index in [4.69, 9.17) is 14.5 Å². The Kier molecular flexibility index (Phi) is 8.31. The summed E-state index contributed by atoms with van der Waals surface area (Å²) < 4.78 is 13.7. The van der Waals surface area contributed by atoms with Crippen LogP contribution in [0.15, 0.2) is 67.5 Å². The van der Waals surface area contributed by atoms with Crippen LogP contribution in [0.5, 0.6) is 5.75 Å². The van der Waals surface area contributed by atoms with Gasteiger partial charge in [-0.1, -0.05) is 12.6 Å². The molecular formula is C33H39N7O3. The molecule has 6 rings (SSSR count). The van der Waals surface area contributed by atoms with E-state index in [9.17, 15) is 4.79 Å². The summed E-state index contributed by atoms with van der Waals surface area (Å²) >= 11 is 0. The van der Waals surface area contributed by atoms with Crippen molar-refractivity contribution in [3.63, 3.8) is 0 Å². The summed E-state index contributed by atoms with van der Waals surface area (Å²) in [4.78, 5) is 26.6. The lowest BCUT2D eigenvalue weighted by Crippen LogP contribution is -2.51. The molecule has 1 atom stereocenters. The SMILES string of the molecule is C=CC(=O)Nc1cc(Nc2nccc(-c3ccc4c(ccn4C)c3)n2)c(OC)cc1N1CCC(N2CCO[C@H](C)C2)CC1. The smallest absolute Gasteiger partial charge is 0.247 e. The molecule has 2 fully saturated rings. The van der Waals surface area contributed by atoms with Crippen LogP contribution in [-0.2, 0) is 16.6 Å². The molecule has 0 aliphatic carbocycles. The summed E-state index contributed by atoms with van der Waals surface area (Å²) in [7, 11) is 3.68. The molecule has 10 heteroatoms. The highest BCUT2D eigenvalue weighted by Crippen LogP contribution is 2.39. The van der Waals surface area contributed by atoms with Gasteiger partial charge in [0.05, 0.1) is 42.6 Å². The van der Waals surface area contributed by atoms with E-state index >= 15 is 0 Å². The topological polar surface area (TPSA) is 96.8 Å². The molecule has 2 aliphatic heterocycles. The number of fused-ring (bicyclic) bond motifs is 1. The highest BCUT2D eigenvalue weighted by atomic mass is 16.5. The normalized spacial score (nSPS) is 18.0. The van der Waals surface area contributed by atoms with E-state index in [0.29, 0.717) is 29.1 Å². The second-order valence-corrected chi connectivity index (χ2v) is 11.2. The quantitative estimate of drug-likeness (QED) is 0.274. The van der Waals surface area contributed by atoms with Crippen LogP contribution >= 0.6 is 0 Å². The van der Waals surface area contributed by atoms with Crippen molar-refractivity contribution in [2.45, 2.75) is 31.9 Å². The largest absolute Gasteiger partial charge is 0.494 e. The molecule has 1 amide bonds. The number of carbonyl (C=O) groups is 1. The molecule has 43 heavy (non-hydrogen) atoms. The summed E-state index contributed by atoms with van der Waals surface area (Å²) in [5, 5.41) is 7.48. The van der Waals surface area contributed by atoms with E-state index in [-0.39, 0.29) is 12.0 Å². The van der Waals surface area contributed by atoms with Crippen molar-refractivity contribution in [1.82, 2.24) is 19.4 Å². The highest BCUT2D eigenvalue weighted by Gasteiger charge is 2.29. The number of anilines is 4. The van der Waals surface area contributed by atoms with Crippen LogP contribution in [-0.4, -0.2) is 77.4 Å². The van der Waals surface area contributed by atoms with Gasteiger partial charge in [-0.3, -0.25) is 9.69 Å². The van der Waals surface area contributed by atoms with Gasteiger partial charge in [-0.15, -0.1) is 0 Å². The van der Waals surface area contributed by atoms with E-state index in [1.807, 2.05) is 31.4 Å². The third-order valence-corrected chi connectivity index (χ3v) is 8.44. The van der Waals surface area contributed by atoms with Gasteiger partial charge < -0.3 is 29.6 Å². The maximum absolute atomic E-state index is 12.5. The fraction of sp³-hybridized carbons (Fsp3) is 0.364. The Morgan fingerprint density at radius 1 is 1.12 bits per heavy atom. The minimum Gasteiger partial charge on any atom is -0.494 e. The first-order chi connectivity index (χ1) is 20.9. The highest BCUT2D eigenvalue weighted by molar-refractivity contribution is 6.02. The number of carbonyl (C=O) groups excluding carboxylic acids is 1. The first kappa shape index (κ1) is 28.7. The van der Waals surface area contributed by atoms with Gasteiger partial charge >= 0.3 is 0 Å². The minimum atomic E-state index is -0.274. The number of hydrogen-bond acceptors (Lipinski definition) is 8. The molecular weight excluding hydrogens is 542 g/mol. The fourth-order valence-corrected chi connectivity index (χ4v) is 6.17. The zero-order chi connectivity index (χ0) is 29.9. The van der Waals surface area contributed by atoms with E-state index in [0.717, 1.165) is 73.5 Å². The van der Waals surface area contributed by atoms with Crippen molar-refractivity contribution in [2.24, 2.45) is 7.05 Å². The average Bonchev–Trinajstić information content (AvgIpc) is 3.41. The van der Waals surface area contributed by atoms with Crippen LogP contribution < -0.4 is 20.3 Å². The van der Waals surface area contributed by atoms with Crippen LogP contribution in [0.3, 0.4) is 0 Å². The lowest BCUT2D eigenvalue weighted by atomic mass is 10.0.